The van der Waals surface area contributed by atoms with E-state index in [0.717, 1.165) is 9.80 Å². The third-order valence-corrected chi connectivity index (χ3v) is 5.51. The van der Waals surface area contributed by atoms with Crippen molar-refractivity contribution < 1.29 is 58.8 Å². The molecule has 2 atom stereocenters. The van der Waals surface area contributed by atoms with Crippen LogP contribution in [-0.4, -0.2) is 116 Å². The van der Waals surface area contributed by atoms with Gasteiger partial charge in [-0.2, -0.15) is 0 Å². The Bertz CT molecular complexity index is 865. The van der Waals surface area contributed by atoms with Gasteiger partial charge in [-0.1, -0.05) is 13.8 Å². The van der Waals surface area contributed by atoms with E-state index in [9.17, 15) is 58.8 Å². The topological polar surface area (TPSA) is 248 Å². The first-order valence-corrected chi connectivity index (χ1v) is 12.7. The summed E-state index contributed by atoms with van der Waals surface area (Å²) in [6, 6.07) is -2.78. The van der Waals surface area contributed by atoms with Crippen molar-refractivity contribution >= 4 is 47.5 Å². The van der Waals surface area contributed by atoms with Crippen molar-refractivity contribution in [2.24, 2.45) is 0 Å². The number of carboxylic acids is 4. The minimum atomic E-state index is -1.41. The smallest absolute Gasteiger partial charge is 0.326 e. The summed E-state index contributed by atoms with van der Waals surface area (Å²) in [5.41, 5.74) is 0. The highest BCUT2D eigenvalue weighted by Gasteiger charge is 2.26. The van der Waals surface area contributed by atoms with Crippen LogP contribution in [0.5, 0.6) is 0 Å². The van der Waals surface area contributed by atoms with Crippen LogP contribution in [0.1, 0.15) is 65.2 Å². The van der Waals surface area contributed by atoms with Crippen LogP contribution in [-0.2, 0) is 38.4 Å². The van der Waals surface area contributed by atoms with Crippen LogP contribution in [0, 0.1) is 0 Å². The Kier molecular flexibility index (Phi) is 16.9. The third kappa shape index (κ3) is 15.2. The van der Waals surface area contributed by atoms with Crippen LogP contribution in [0.15, 0.2) is 0 Å². The van der Waals surface area contributed by atoms with Crippen LogP contribution in [0.3, 0.4) is 0 Å². The van der Waals surface area contributed by atoms with E-state index in [1.165, 1.54) is 0 Å². The molecular weight excluding hydrogens is 536 g/mol. The van der Waals surface area contributed by atoms with Gasteiger partial charge in [0.05, 0.1) is 0 Å². The van der Waals surface area contributed by atoms with Crippen LogP contribution in [0.2, 0.25) is 0 Å². The number of carboxylic acid groups (broad SMARTS) is 4. The maximum atomic E-state index is 12.7. The Morgan fingerprint density at radius 2 is 0.900 bits per heavy atom. The van der Waals surface area contributed by atoms with Crippen molar-refractivity contribution in [1.29, 1.82) is 0 Å². The predicted molar refractivity (Wildman–Crippen MR) is 136 cm³/mol. The summed E-state index contributed by atoms with van der Waals surface area (Å²) in [4.78, 5) is 96.0. The molecule has 40 heavy (non-hydrogen) atoms. The van der Waals surface area contributed by atoms with Crippen molar-refractivity contribution in [3.8, 4) is 0 Å². The zero-order valence-electron chi connectivity index (χ0n) is 22.6. The number of carbonyl (C=O) groups excluding carboxylic acids is 4. The molecule has 0 aromatic rings. The molecule has 0 radical (unpaired) electrons. The molecule has 0 aromatic carbocycles. The first-order chi connectivity index (χ1) is 18.7. The Balaban J connectivity index is 5.37. The Morgan fingerprint density at radius 3 is 1.15 bits per heavy atom. The molecule has 0 aliphatic heterocycles. The fourth-order valence-corrected chi connectivity index (χ4v) is 3.51. The molecule has 0 aliphatic carbocycles. The Hall–Kier alpha value is -4.24. The second kappa shape index (κ2) is 18.9. The molecule has 0 aliphatic rings. The van der Waals surface area contributed by atoms with Gasteiger partial charge in [-0.25, -0.2) is 9.59 Å². The predicted octanol–water partition coefficient (Wildman–Crippen LogP) is -0.888. The lowest BCUT2D eigenvalue weighted by molar-refractivity contribution is -0.147. The van der Waals surface area contributed by atoms with Crippen molar-refractivity contribution in [3.05, 3.63) is 0 Å². The summed E-state index contributed by atoms with van der Waals surface area (Å²) < 4.78 is 0. The summed E-state index contributed by atoms with van der Waals surface area (Å²) in [5.74, 6) is -8.25. The lowest BCUT2D eigenvalue weighted by Gasteiger charge is -2.27. The Morgan fingerprint density at radius 1 is 0.575 bits per heavy atom. The molecule has 16 nitrogen and oxygen atoms in total. The normalized spacial score (nSPS) is 11.9. The molecule has 226 valence electrons. The molecular formula is C24H38N4O12. The van der Waals surface area contributed by atoms with Gasteiger partial charge in [-0.05, 0) is 25.7 Å². The highest BCUT2D eigenvalue weighted by atomic mass is 16.4. The SMILES string of the molecule is CCCC(=O)NC(CCC(=O)N(CCN(CC(=O)O)C(=O)CCC(NC(=O)CCC)C(=O)O)CC(=O)O)C(=O)O. The largest absolute Gasteiger partial charge is 0.480 e. The van der Waals surface area contributed by atoms with Crippen molar-refractivity contribution in [1.82, 2.24) is 20.4 Å². The molecule has 0 bridgehead atoms. The molecule has 0 rings (SSSR count). The van der Waals surface area contributed by atoms with Gasteiger partial charge < -0.3 is 40.9 Å². The van der Waals surface area contributed by atoms with E-state index in [1.807, 2.05) is 0 Å². The van der Waals surface area contributed by atoms with Crippen LogP contribution < -0.4 is 10.6 Å². The van der Waals surface area contributed by atoms with Gasteiger partial charge in [0.2, 0.25) is 23.6 Å². The van der Waals surface area contributed by atoms with E-state index in [0.29, 0.717) is 12.8 Å². The summed E-state index contributed by atoms with van der Waals surface area (Å²) >= 11 is 0. The number of amides is 4. The quantitative estimate of drug-likeness (QED) is 0.0977. The Labute approximate surface area is 230 Å². The van der Waals surface area contributed by atoms with E-state index in [4.69, 9.17) is 0 Å². The second-order valence-electron chi connectivity index (χ2n) is 8.91. The number of nitrogens with one attached hydrogen (secondary N) is 2. The maximum absolute atomic E-state index is 12.7. The highest BCUT2D eigenvalue weighted by Crippen LogP contribution is 2.07. The summed E-state index contributed by atoms with van der Waals surface area (Å²) in [6.07, 6.45) is -0.486. The van der Waals surface area contributed by atoms with Gasteiger partial charge in [0.1, 0.15) is 25.2 Å². The van der Waals surface area contributed by atoms with Gasteiger partial charge in [0, 0.05) is 38.8 Å². The minimum absolute atomic E-state index is 0.0780. The number of aliphatic carboxylic acids is 4. The van der Waals surface area contributed by atoms with Gasteiger partial charge in [-0.15, -0.1) is 0 Å². The molecule has 0 fully saturated rings. The van der Waals surface area contributed by atoms with Crippen LogP contribution >= 0.6 is 0 Å². The van der Waals surface area contributed by atoms with E-state index in [-0.39, 0.29) is 25.7 Å². The first kappa shape index (κ1) is 35.8. The van der Waals surface area contributed by atoms with Gasteiger partial charge >= 0.3 is 23.9 Å². The number of rotatable bonds is 21. The number of nitrogens with zero attached hydrogens (tertiary/aromatic N) is 2. The van der Waals surface area contributed by atoms with Crippen LogP contribution in [0.25, 0.3) is 0 Å². The zero-order chi connectivity index (χ0) is 30.8. The third-order valence-electron chi connectivity index (χ3n) is 5.51. The van der Waals surface area contributed by atoms with Crippen molar-refractivity contribution in [3.63, 3.8) is 0 Å². The lowest BCUT2D eigenvalue weighted by Crippen LogP contribution is -2.46. The zero-order valence-corrected chi connectivity index (χ0v) is 22.6. The van der Waals surface area contributed by atoms with Crippen molar-refractivity contribution in [2.45, 2.75) is 77.3 Å². The summed E-state index contributed by atoms with van der Waals surface area (Å²) in [7, 11) is 0. The lowest BCUT2D eigenvalue weighted by atomic mass is 10.1. The molecule has 0 aromatic heterocycles. The van der Waals surface area contributed by atoms with Crippen LogP contribution in [0.4, 0.5) is 0 Å². The minimum Gasteiger partial charge on any atom is -0.480 e. The molecule has 2 unspecified atom stereocenters. The molecule has 6 N–H and O–H groups in total. The first-order valence-electron chi connectivity index (χ1n) is 12.7. The van der Waals surface area contributed by atoms with Gasteiger partial charge in [0.25, 0.3) is 0 Å². The molecule has 0 spiro atoms. The van der Waals surface area contributed by atoms with E-state index >= 15 is 0 Å². The maximum Gasteiger partial charge on any atom is 0.326 e. The molecule has 16 heteroatoms. The number of carbonyl (C=O) groups is 8. The molecule has 0 heterocycles. The average molecular weight is 575 g/mol. The second-order valence-corrected chi connectivity index (χ2v) is 8.91. The van der Waals surface area contributed by atoms with E-state index in [1.54, 1.807) is 13.8 Å². The molecule has 0 saturated carbocycles. The molecule has 0 saturated heterocycles. The number of hydrogen-bond donors (Lipinski definition) is 6. The fourth-order valence-electron chi connectivity index (χ4n) is 3.51. The van der Waals surface area contributed by atoms with Gasteiger partial charge in [-0.3, -0.25) is 28.8 Å². The van der Waals surface area contributed by atoms with E-state index < -0.39 is 98.6 Å². The number of hydrogen-bond acceptors (Lipinski definition) is 8. The van der Waals surface area contributed by atoms with E-state index in [2.05, 4.69) is 10.6 Å². The highest BCUT2D eigenvalue weighted by molar-refractivity contribution is 5.86. The molecule has 4 amide bonds. The average Bonchev–Trinajstić information content (AvgIpc) is 2.84. The fraction of sp³-hybridized carbons (Fsp3) is 0.667. The van der Waals surface area contributed by atoms with Crippen molar-refractivity contribution in [2.75, 3.05) is 26.2 Å². The summed E-state index contributed by atoms with van der Waals surface area (Å²) in [6.45, 7) is 0.962. The summed E-state index contributed by atoms with van der Waals surface area (Å²) in [5, 5.41) is 41.6. The van der Waals surface area contributed by atoms with Gasteiger partial charge in [0.15, 0.2) is 0 Å². The monoisotopic (exact) mass is 574 g/mol. The standard InChI is InChI=1S/C24H38N4O12/c1-3-5-17(29)25-15(23(37)38)7-9-19(31)27(13-21(33)34)11-12-28(14-22(35)36)20(32)10-8-16(24(39)40)26-18(30)6-4-2/h15-16H,3-14H2,1-2H3,(H,25,29)(H,26,30)(H,33,34)(H,35,36)(H,37,38)(H,39,40).